The minimum Gasteiger partial charge on any atom is -0.469 e. The standard InChI is InChI=1S/C14H16N2O2/c1-16-9-10(5-6-14(16)17)15-12-3-2-4-13-11(12)7-8-18-13/h5-9,12,15H,2-4H2,1H3. The summed E-state index contributed by atoms with van der Waals surface area (Å²) in [4.78, 5) is 11.3. The molecule has 0 bridgehead atoms. The number of nitrogens with one attached hydrogen (secondary N) is 1. The molecule has 94 valence electrons. The van der Waals surface area contributed by atoms with Crippen LogP contribution in [0.25, 0.3) is 0 Å². The van der Waals surface area contributed by atoms with Crippen LogP contribution in [0.3, 0.4) is 0 Å². The molecule has 0 aliphatic heterocycles. The lowest BCUT2D eigenvalue weighted by Gasteiger charge is -2.23. The summed E-state index contributed by atoms with van der Waals surface area (Å²) < 4.78 is 7.06. The van der Waals surface area contributed by atoms with E-state index in [-0.39, 0.29) is 11.6 Å². The number of rotatable bonds is 2. The Bertz CT molecular complexity index is 612. The lowest BCUT2D eigenvalue weighted by Crippen LogP contribution is -2.19. The first-order valence-corrected chi connectivity index (χ1v) is 6.23. The van der Waals surface area contributed by atoms with Crippen LogP contribution in [0.2, 0.25) is 0 Å². The molecule has 4 nitrogen and oxygen atoms in total. The number of anilines is 1. The maximum atomic E-state index is 11.3. The van der Waals surface area contributed by atoms with Gasteiger partial charge < -0.3 is 14.3 Å². The van der Waals surface area contributed by atoms with Crippen molar-refractivity contribution in [2.75, 3.05) is 5.32 Å². The second kappa shape index (κ2) is 4.37. The molecule has 0 aromatic carbocycles. The van der Waals surface area contributed by atoms with E-state index in [1.54, 1.807) is 23.9 Å². The predicted molar refractivity (Wildman–Crippen MR) is 69.7 cm³/mol. The van der Waals surface area contributed by atoms with E-state index in [0.717, 1.165) is 30.7 Å². The van der Waals surface area contributed by atoms with Crippen molar-refractivity contribution in [3.8, 4) is 0 Å². The third kappa shape index (κ3) is 1.94. The normalized spacial score (nSPS) is 18.4. The van der Waals surface area contributed by atoms with Gasteiger partial charge in [-0.1, -0.05) is 0 Å². The van der Waals surface area contributed by atoms with Crippen LogP contribution in [0, 0.1) is 0 Å². The van der Waals surface area contributed by atoms with Gasteiger partial charge in [0.15, 0.2) is 0 Å². The van der Waals surface area contributed by atoms with Crippen LogP contribution in [0.15, 0.2) is 39.9 Å². The van der Waals surface area contributed by atoms with Gasteiger partial charge in [0.1, 0.15) is 5.76 Å². The largest absolute Gasteiger partial charge is 0.469 e. The second-order valence-corrected chi connectivity index (χ2v) is 4.76. The lowest BCUT2D eigenvalue weighted by atomic mass is 9.93. The molecule has 1 aliphatic carbocycles. The fourth-order valence-electron chi connectivity index (χ4n) is 2.52. The van der Waals surface area contributed by atoms with Crippen LogP contribution in [-0.4, -0.2) is 4.57 Å². The van der Waals surface area contributed by atoms with Crippen LogP contribution in [0.5, 0.6) is 0 Å². The molecule has 0 amide bonds. The van der Waals surface area contributed by atoms with E-state index in [1.807, 2.05) is 18.3 Å². The summed E-state index contributed by atoms with van der Waals surface area (Å²) in [5.41, 5.74) is 2.22. The Hall–Kier alpha value is -1.97. The van der Waals surface area contributed by atoms with E-state index in [0.29, 0.717) is 0 Å². The van der Waals surface area contributed by atoms with Crippen molar-refractivity contribution in [2.24, 2.45) is 7.05 Å². The number of nitrogens with zero attached hydrogens (tertiary/aromatic N) is 1. The average Bonchev–Trinajstić information content (AvgIpc) is 2.83. The quantitative estimate of drug-likeness (QED) is 0.882. The molecule has 1 N–H and O–H groups in total. The van der Waals surface area contributed by atoms with Gasteiger partial charge >= 0.3 is 0 Å². The van der Waals surface area contributed by atoms with Gasteiger partial charge in [0.05, 0.1) is 18.0 Å². The van der Waals surface area contributed by atoms with Gasteiger partial charge in [0.2, 0.25) is 5.56 Å². The lowest BCUT2D eigenvalue weighted by molar-refractivity contribution is 0.461. The second-order valence-electron chi connectivity index (χ2n) is 4.76. The van der Waals surface area contributed by atoms with Gasteiger partial charge in [-0.15, -0.1) is 0 Å². The molecule has 0 saturated carbocycles. The molecule has 4 heteroatoms. The molecule has 0 radical (unpaired) electrons. The molecule has 2 aromatic rings. The number of pyridine rings is 1. The van der Waals surface area contributed by atoms with E-state index >= 15 is 0 Å². The maximum Gasteiger partial charge on any atom is 0.250 e. The van der Waals surface area contributed by atoms with Crippen molar-refractivity contribution >= 4 is 5.69 Å². The summed E-state index contributed by atoms with van der Waals surface area (Å²) in [6, 6.07) is 5.73. The summed E-state index contributed by atoms with van der Waals surface area (Å²) in [7, 11) is 1.76. The van der Waals surface area contributed by atoms with Crippen LogP contribution < -0.4 is 10.9 Å². The fraction of sp³-hybridized carbons (Fsp3) is 0.357. The van der Waals surface area contributed by atoms with Gasteiger partial charge in [-0.05, 0) is 25.0 Å². The molecular formula is C14H16N2O2. The first kappa shape index (κ1) is 11.1. The molecule has 1 atom stereocenters. The summed E-state index contributed by atoms with van der Waals surface area (Å²) in [6.45, 7) is 0. The Balaban J connectivity index is 1.86. The molecule has 1 aliphatic rings. The average molecular weight is 244 g/mol. The third-order valence-corrected chi connectivity index (χ3v) is 3.48. The van der Waals surface area contributed by atoms with Gasteiger partial charge in [-0.2, -0.15) is 0 Å². The van der Waals surface area contributed by atoms with E-state index in [4.69, 9.17) is 4.42 Å². The molecule has 2 heterocycles. The molecule has 0 saturated heterocycles. The molecule has 0 spiro atoms. The molecule has 1 unspecified atom stereocenters. The summed E-state index contributed by atoms with van der Waals surface area (Å²) in [5, 5.41) is 3.47. The minimum absolute atomic E-state index is 0.00759. The highest BCUT2D eigenvalue weighted by molar-refractivity contribution is 5.44. The van der Waals surface area contributed by atoms with Gasteiger partial charge in [0, 0.05) is 31.3 Å². The minimum atomic E-state index is 0.00759. The Morgan fingerprint density at radius 1 is 1.39 bits per heavy atom. The van der Waals surface area contributed by atoms with E-state index in [1.165, 1.54) is 5.56 Å². The van der Waals surface area contributed by atoms with E-state index < -0.39 is 0 Å². The molecule has 0 fully saturated rings. The zero-order valence-electron chi connectivity index (χ0n) is 10.3. The van der Waals surface area contributed by atoms with Crippen molar-refractivity contribution in [1.82, 2.24) is 4.57 Å². The molecule has 2 aromatic heterocycles. The van der Waals surface area contributed by atoms with Crippen LogP contribution in [-0.2, 0) is 13.5 Å². The van der Waals surface area contributed by atoms with Gasteiger partial charge in [-0.25, -0.2) is 0 Å². The first-order valence-electron chi connectivity index (χ1n) is 6.23. The van der Waals surface area contributed by atoms with Crippen molar-refractivity contribution < 1.29 is 4.42 Å². The number of aromatic nitrogens is 1. The highest BCUT2D eigenvalue weighted by atomic mass is 16.3. The zero-order chi connectivity index (χ0) is 12.5. The van der Waals surface area contributed by atoms with Crippen molar-refractivity contribution in [1.29, 1.82) is 0 Å². The first-order chi connectivity index (χ1) is 8.74. The molecule has 3 rings (SSSR count). The SMILES string of the molecule is Cn1cc(NC2CCCc3occc32)ccc1=O. The Kier molecular flexibility index (Phi) is 2.70. The highest BCUT2D eigenvalue weighted by Gasteiger charge is 2.22. The van der Waals surface area contributed by atoms with Gasteiger partial charge in [0.25, 0.3) is 0 Å². The van der Waals surface area contributed by atoms with Crippen molar-refractivity contribution in [3.05, 3.63) is 52.3 Å². The van der Waals surface area contributed by atoms with Crippen molar-refractivity contribution in [2.45, 2.75) is 25.3 Å². The predicted octanol–water partition coefficient (Wildman–Crippen LogP) is 2.47. The number of fused-ring (bicyclic) bond motifs is 1. The van der Waals surface area contributed by atoms with E-state index in [9.17, 15) is 4.79 Å². The molecule has 18 heavy (non-hydrogen) atoms. The molecular weight excluding hydrogens is 228 g/mol. The number of hydrogen-bond acceptors (Lipinski definition) is 3. The number of hydrogen-bond donors (Lipinski definition) is 1. The summed E-state index contributed by atoms with van der Waals surface area (Å²) >= 11 is 0. The third-order valence-electron chi connectivity index (χ3n) is 3.48. The summed E-state index contributed by atoms with van der Waals surface area (Å²) in [6.07, 6.45) is 6.83. The Labute approximate surface area is 105 Å². The Morgan fingerprint density at radius 3 is 3.11 bits per heavy atom. The van der Waals surface area contributed by atoms with Crippen LogP contribution in [0.1, 0.15) is 30.2 Å². The van der Waals surface area contributed by atoms with E-state index in [2.05, 4.69) is 5.32 Å². The topological polar surface area (TPSA) is 47.2 Å². The smallest absolute Gasteiger partial charge is 0.250 e. The number of furan rings is 1. The number of aryl methyl sites for hydroxylation is 2. The Morgan fingerprint density at radius 2 is 2.28 bits per heavy atom. The van der Waals surface area contributed by atoms with Crippen molar-refractivity contribution in [3.63, 3.8) is 0 Å². The highest BCUT2D eigenvalue weighted by Crippen LogP contribution is 2.32. The van der Waals surface area contributed by atoms with Crippen LogP contribution in [0.4, 0.5) is 5.69 Å². The maximum absolute atomic E-state index is 11.3. The zero-order valence-corrected chi connectivity index (χ0v) is 10.3. The summed E-state index contributed by atoms with van der Waals surface area (Å²) in [5.74, 6) is 1.09. The fourth-order valence-corrected chi connectivity index (χ4v) is 2.52. The van der Waals surface area contributed by atoms with Crippen LogP contribution >= 0.6 is 0 Å². The monoisotopic (exact) mass is 244 g/mol. The van der Waals surface area contributed by atoms with Gasteiger partial charge in [-0.3, -0.25) is 4.79 Å².